The molecule has 0 bridgehead atoms. The van der Waals surface area contributed by atoms with Crippen molar-refractivity contribution in [2.45, 2.75) is 45.3 Å². The summed E-state index contributed by atoms with van der Waals surface area (Å²) in [6, 6.07) is 16.8. The molecular formula is C24H28N4O2. The van der Waals surface area contributed by atoms with Crippen molar-refractivity contribution >= 4 is 11.7 Å². The second kappa shape index (κ2) is 8.61. The summed E-state index contributed by atoms with van der Waals surface area (Å²) in [4.78, 5) is 12.9. The van der Waals surface area contributed by atoms with Crippen molar-refractivity contribution in [3.8, 4) is 5.75 Å². The minimum Gasteiger partial charge on any atom is -0.497 e. The molecule has 2 N–H and O–H groups in total. The number of nitrogens with zero attached hydrogens (tertiary/aromatic N) is 2. The number of aromatic nitrogens is 2. The summed E-state index contributed by atoms with van der Waals surface area (Å²) < 4.78 is 7.09. The molecule has 3 aromatic rings. The molecule has 6 heteroatoms. The molecule has 0 radical (unpaired) electrons. The summed E-state index contributed by atoms with van der Waals surface area (Å²) in [7, 11) is 1.64. The predicted octanol–water partition coefficient (Wildman–Crippen LogP) is 4.50. The Morgan fingerprint density at radius 2 is 1.87 bits per heavy atom. The zero-order valence-corrected chi connectivity index (χ0v) is 17.7. The molecule has 1 amide bonds. The molecule has 0 fully saturated rings. The van der Waals surface area contributed by atoms with E-state index in [4.69, 9.17) is 4.74 Å². The van der Waals surface area contributed by atoms with E-state index in [0.29, 0.717) is 12.1 Å². The Bertz CT molecular complexity index is 1010. The monoisotopic (exact) mass is 404 g/mol. The van der Waals surface area contributed by atoms with E-state index in [2.05, 4.69) is 53.8 Å². The second-order valence-corrected chi connectivity index (χ2v) is 7.76. The predicted molar refractivity (Wildman–Crippen MR) is 118 cm³/mol. The number of amides is 1. The van der Waals surface area contributed by atoms with Crippen molar-refractivity contribution in [1.82, 2.24) is 15.1 Å². The van der Waals surface area contributed by atoms with Gasteiger partial charge in [0.05, 0.1) is 25.4 Å². The Balaban J connectivity index is 1.49. The first-order valence-electron chi connectivity index (χ1n) is 10.4. The number of hydrogen-bond donors (Lipinski definition) is 2. The van der Waals surface area contributed by atoms with Gasteiger partial charge in [0.1, 0.15) is 17.1 Å². The smallest absolute Gasteiger partial charge is 0.256 e. The van der Waals surface area contributed by atoms with Crippen LogP contribution in [-0.2, 0) is 13.0 Å². The third-order valence-corrected chi connectivity index (χ3v) is 5.75. The molecule has 0 unspecified atom stereocenters. The lowest BCUT2D eigenvalue weighted by molar-refractivity contribution is 0.0951. The highest BCUT2D eigenvalue weighted by atomic mass is 16.5. The van der Waals surface area contributed by atoms with Crippen molar-refractivity contribution < 1.29 is 9.53 Å². The molecule has 2 aromatic carbocycles. The van der Waals surface area contributed by atoms with Crippen molar-refractivity contribution in [3.63, 3.8) is 0 Å². The zero-order chi connectivity index (χ0) is 21.1. The largest absolute Gasteiger partial charge is 0.497 e. The van der Waals surface area contributed by atoms with Gasteiger partial charge in [-0.1, -0.05) is 43.3 Å². The van der Waals surface area contributed by atoms with Gasteiger partial charge in [0.15, 0.2) is 0 Å². The van der Waals surface area contributed by atoms with Crippen LogP contribution >= 0.6 is 0 Å². The second-order valence-electron chi connectivity index (χ2n) is 7.76. The number of carbonyl (C=O) groups is 1. The van der Waals surface area contributed by atoms with E-state index >= 15 is 0 Å². The standard InChI is InChI=1S/C24H28N4O2/c1-4-17-5-9-19(10-6-17)22-13-16(2)28-23(27-22)21(15-26-28)24(29)25-14-18-7-11-20(30-3)12-8-18/h5-12,15-16,22,27H,4,13-14H2,1-3H3,(H,25,29)/t16-,22-/m1/s1. The van der Waals surface area contributed by atoms with Crippen LogP contribution in [0.2, 0.25) is 0 Å². The summed E-state index contributed by atoms with van der Waals surface area (Å²) in [6.07, 6.45) is 3.61. The summed E-state index contributed by atoms with van der Waals surface area (Å²) >= 11 is 0. The van der Waals surface area contributed by atoms with Gasteiger partial charge in [-0.25, -0.2) is 4.68 Å². The van der Waals surface area contributed by atoms with Gasteiger partial charge in [-0.15, -0.1) is 0 Å². The molecule has 1 aromatic heterocycles. The Morgan fingerprint density at radius 3 is 2.53 bits per heavy atom. The summed E-state index contributed by atoms with van der Waals surface area (Å²) in [5, 5.41) is 11.0. The normalized spacial score (nSPS) is 17.7. The molecule has 30 heavy (non-hydrogen) atoms. The molecule has 0 saturated heterocycles. The first-order valence-corrected chi connectivity index (χ1v) is 10.4. The van der Waals surface area contributed by atoms with Gasteiger partial charge < -0.3 is 15.4 Å². The van der Waals surface area contributed by atoms with E-state index in [0.717, 1.165) is 30.0 Å². The topological polar surface area (TPSA) is 68.2 Å². The average Bonchev–Trinajstić information content (AvgIpc) is 3.22. The minimum atomic E-state index is -0.131. The van der Waals surface area contributed by atoms with Crippen molar-refractivity contribution in [2.24, 2.45) is 0 Å². The fraction of sp³-hybridized carbons (Fsp3) is 0.333. The molecule has 4 rings (SSSR count). The fourth-order valence-electron chi connectivity index (χ4n) is 3.90. The van der Waals surface area contributed by atoms with Crippen LogP contribution in [-0.4, -0.2) is 22.8 Å². The highest BCUT2D eigenvalue weighted by Crippen LogP contribution is 2.36. The van der Waals surface area contributed by atoms with E-state index in [-0.39, 0.29) is 18.0 Å². The molecule has 0 spiro atoms. The average molecular weight is 405 g/mol. The van der Waals surface area contributed by atoms with Crippen molar-refractivity contribution in [2.75, 3.05) is 12.4 Å². The van der Waals surface area contributed by atoms with E-state index in [1.807, 2.05) is 28.9 Å². The Hall–Kier alpha value is -3.28. The molecule has 2 heterocycles. The number of aryl methyl sites for hydroxylation is 1. The number of methoxy groups -OCH3 is 1. The van der Waals surface area contributed by atoms with Crippen LogP contribution in [0.15, 0.2) is 54.7 Å². The maximum absolute atomic E-state index is 12.9. The van der Waals surface area contributed by atoms with Gasteiger partial charge in [0, 0.05) is 6.54 Å². The van der Waals surface area contributed by atoms with Gasteiger partial charge in [-0.05, 0) is 48.6 Å². The van der Waals surface area contributed by atoms with Crippen molar-refractivity contribution in [3.05, 3.63) is 77.0 Å². The Labute approximate surface area is 177 Å². The molecule has 1 aliphatic heterocycles. The van der Waals surface area contributed by atoms with Crippen LogP contribution in [0.3, 0.4) is 0 Å². The summed E-state index contributed by atoms with van der Waals surface area (Å²) in [6.45, 7) is 4.75. The summed E-state index contributed by atoms with van der Waals surface area (Å²) in [5.74, 6) is 1.45. The minimum absolute atomic E-state index is 0.131. The molecule has 156 valence electrons. The SMILES string of the molecule is CCc1ccc([C@H]2C[C@@H](C)n3ncc(C(=O)NCc4ccc(OC)cc4)c3N2)cc1. The van der Waals surface area contributed by atoms with Crippen LogP contribution in [0.25, 0.3) is 0 Å². The van der Waals surface area contributed by atoms with Crippen LogP contribution < -0.4 is 15.4 Å². The van der Waals surface area contributed by atoms with Gasteiger partial charge in [0.25, 0.3) is 5.91 Å². The Kier molecular flexibility index (Phi) is 5.74. The third kappa shape index (κ3) is 4.03. The lowest BCUT2D eigenvalue weighted by atomic mass is 9.96. The highest BCUT2D eigenvalue weighted by molar-refractivity contribution is 5.98. The molecule has 6 nitrogen and oxygen atoms in total. The van der Waals surface area contributed by atoms with E-state index in [1.165, 1.54) is 11.1 Å². The number of nitrogens with one attached hydrogen (secondary N) is 2. The lowest BCUT2D eigenvalue weighted by Crippen LogP contribution is -2.28. The zero-order valence-electron chi connectivity index (χ0n) is 17.7. The van der Waals surface area contributed by atoms with Crippen LogP contribution in [0.1, 0.15) is 59.4 Å². The number of hydrogen-bond acceptors (Lipinski definition) is 4. The number of rotatable bonds is 6. The third-order valence-electron chi connectivity index (χ3n) is 5.75. The molecule has 1 aliphatic rings. The van der Waals surface area contributed by atoms with Gasteiger partial charge >= 0.3 is 0 Å². The molecule has 0 saturated carbocycles. The maximum Gasteiger partial charge on any atom is 0.256 e. The molecule has 2 atom stereocenters. The number of benzene rings is 2. The van der Waals surface area contributed by atoms with Crippen LogP contribution in [0, 0.1) is 0 Å². The van der Waals surface area contributed by atoms with Gasteiger partial charge in [-0.2, -0.15) is 5.10 Å². The lowest BCUT2D eigenvalue weighted by Gasteiger charge is -2.31. The van der Waals surface area contributed by atoms with Gasteiger partial charge in [-0.3, -0.25) is 4.79 Å². The highest BCUT2D eigenvalue weighted by Gasteiger charge is 2.29. The summed E-state index contributed by atoms with van der Waals surface area (Å²) in [5.41, 5.74) is 4.15. The van der Waals surface area contributed by atoms with E-state index in [1.54, 1.807) is 13.3 Å². The molecule has 0 aliphatic carbocycles. The maximum atomic E-state index is 12.9. The number of fused-ring (bicyclic) bond motifs is 1. The Morgan fingerprint density at radius 1 is 1.17 bits per heavy atom. The number of carbonyl (C=O) groups excluding carboxylic acids is 1. The van der Waals surface area contributed by atoms with Crippen LogP contribution in [0.4, 0.5) is 5.82 Å². The quantitative estimate of drug-likeness (QED) is 0.635. The van der Waals surface area contributed by atoms with Crippen molar-refractivity contribution in [1.29, 1.82) is 0 Å². The fourth-order valence-corrected chi connectivity index (χ4v) is 3.90. The van der Waals surface area contributed by atoms with E-state index in [9.17, 15) is 4.79 Å². The number of anilines is 1. The van der Waals surface area contributed by atoms with Gasteiger partial charge in [0.2, 0.25) is 0 Å². The molecular weight excluding hydrogens is 376 g/mol. The van der Waals surface area contributed by atoms with Crippen LogP contribution in [0.5, 0.6) is 5.75 Å². The van der Waals surface area contributed by atoms with E-state index < -0.39 is 0 Å². The first kappa shape index (κ1) is 20.0. The first-order chi connectivity index (χ1) is 14.6. The number of ether oxygens (including phenoxy) is 1.